The van der Waals surface area contributed by atoms with E-state index in [1.165, 1.54) is 4.31 Å². The fraction of sp³-hybridized carbons (Fsp3) is 0.654. The minimum atomic E-state index is -3.42. The summed E-state index contributed by atoms with van der Waals surface area (Å²) in [6.45, 7) is 7.73. The van der Waals surface area contributed by atoms with Crippen molar-refractivity contribution in [2.24, 2.45) is 0 Å². The Morgan fingerprint density at radius 2 is 1.71 bits per heavy atom. The average molecular weight is 721 g/mol. The molecular formula is C26H41ClF4N8O3S3. The van der Waals surface area contributed by atoms with Gasteiger partial charge in [-0.2, -0.15) is 4.31 Å². The van der Waals surface area contributed by atoms with E-state index in [4.69, 9.17) is 11.6 Å². The molecule has 0 spiro atoms. The first kappa shape index (κ1) is 39.2. The van der Waals surface area contributed by atoms with Crippen LogP contribution in [0.2, 0.25) is 5.15 Å². The van der Waals surface area contributed by atoms with E-state index in [-0.39, 0.29) is 40.4 Å². The lowest BCUT2D eigenvalue weighted by molar-refractivity contribution is 0.150. The van der Waals surface area contributed by atoms with Crippen LogP contribution in [0.3, 0.4) is 0 Å². The molecule has 2 aliphatic rings. The second-order valence-electron chi connectivity index (χ2n) is 10.2. The van der Waals surface area contributed by atoms with Crippen LogP contribution in [0.1, 0.15) is 45.0 Å². The maximum absolute atomic E-state index is 13.3. The van der Waals surface area contributed by atoms with Gasteiger partial charge in [-0.25, -0.2) is 31.1 Å². The highest BCUT2D eigenvalue weighted by Gasteiger charge is 2.39. The molecule has 45 heavy (non-hydrogen) atoms. The molecular weight excluding hydrogens is 680 g/mol. The van der Waals surface area contributed by atoms with Crippen LogP contribution in [0.4, 0.5) is 23.2 Å². The molecule has 0 amide bonds. The summed E-state index contributed by atoms with van der Waals surface area (Å²) in [7, 11) is -0.343. The first-order valence-corrected chi connectivity index (χ1v) is 18.0. The predicted molar refractivity (Wildman–Crippen MR) is 173 cm³/mol. The van der Waals surface area contributed by atoms with Gasteiger partial charge in [-0.15, -0.1) is 10.2 Å². The molecule has 1 aliphatic heterocycles. The minimum Gasteiger partial charge on any atom is -0.367 e. The molecule has 1 aliphatic carbocycles. The second kappa shape index (κ2) is 17.3. The number of anilines is 1. The lowest BCUT2D eigenvalue weighted by atomic mass is 10.2. The number of pyridine rings is 1. The molecule has 1 atom stereocenters. The number of aromatic nitrogens is 4. The van der Waals surface area contributed by atoms with Crippen LogP contribution in [0.15, 0.2) is 17.2 Å². The van der Waals surface area contributed by atoms with Gasteiger partial charge in [0, 0.05) is 44.5 Å². The molecule has 1 N–H and O–H groups in total. The number of hydrogen-bond acceptors (Lipinski definition) is 9. The second-order valence-corrected chi connectivity index (χ2v) is 14.9. The Kier molecular flexibility index (Phi) is 15.0. The number of alkyl halides is 4. The largest absolute Gasteiger partial charge is 0.367 e. The first-order chi connectivity index (χ1) is 21.4. The zero-order valence-electron chi connectivity index (χ0n) is 26.4. The molecule has 1 saturated heterocycles. The van der Waals surface area contributed by atoms with Crippen molar-refractivity contribution in [3.8, 4) is 10.8 Å². The van der Waals surface area contributed by atoms with Crippen LogP contribution >= 0.6 is 22.9 Å². The summed E-state index contributed by atoms with van der Waals surface area (Å²) in [5, 5.41) is 7.29. The number of imidazole rings is 1. The molecule has 3 aromatic heterocycles. The smallest absolute Gasteiger partial charge is 0.291 e. The van der Waals surface area contributed by atoms with Gasteiger partial charge < -0.3 is 9.80 Å². The molecule has 19 heteroatoms. The number of hydrogen-bond donors (Lipinski definition) is 1. The molecule has 0 aromatic carbocycles. The Bertz CT molecular complexity index is 1510. The number of piperazine rings is 1. The van der Waals surface area contributed by atoms with Crippen LogP contribution in [0.25, 0.3) is 16.3 Å². The number of nitrogens with one attached hydrogen (secondary N) is 1. The fourth-order valence-corrected chi connectivity index (χ4v) is 7.96. The normalized spacial score (nSPS) is 16.8. The van der Waals surface area contributed by atoms with Crippen molar-refractivity contribution in [1.29, 1.82) is 0 Å². The Morgan fingerprint density at radius 3 is 2.22 bits per heavy atom. The van der Waals surface area contributed by atoms with E-state index in [1.54, 1.807) is 16.7 Å². The molecule has 256 valence electrons. The van der Waals surface area contributed by atoms with Gasteiger partial charge >= 0.3 is 0 Å². The Labute approximate surface area is 273 Å². The van der Waals surface area contributed by atoms with Gasteiger partial charge in [-0.05, 0) is 39.9 Å². The van der Waals surface area contributed by atoms with Gasteiger partial charge in [-0.3, -0.25) is 13.2 Å². The fourth-order valence-electron chi connectivity index (χ4n) is 4.24. The third-order valence-corrected chi connectivity index (χ3v) is 11.2. The maximum Gasteiger partial charge on any atom is 0.291 e. The van der Waals surface area contributed by atoms with Crippen molar-refractivity contribution in [3.05, 3.63) is 22.4 Å². The molecule has 1 unspecified atom stereocenters. The van der Waals surface area contributed by atoms with Crippen molar-refractivity contribution in [2.75, 3.05) is 71.8 Å². The number of halogens is 5. The molecule has 5 rings (SSSR count). The summed E-state index contributed by atoms with van der Waals surface area (Å²) in [6.07, 6.45) is 0.654. The Balaban J connectivity index is 0.00000111. The molecule has 4 heterocycles. The molecule has 2 fully saturated rings. The van der Waals surface area contributed by atoms with Crippen LogP contribution in [-0.4, -0.2) is 114 Å². The first-order valence-electron chi connectivity index (χ1n) is 14.0. The maximum atomic E-state index is 13.3. The third-order valence-electron chi connectivity index (χ3n) is 6.79. The van der Waals surface area contributed by atoms with Crippen molar-refractivity contribution < 1.29 is 30.2 Å². The standard InChI is InChI=1S/C22H29ClF2N8O3S3.C2H6.2CH3F/c1-22(4-5-22)29-38(34)14-12-15(31-6-8-32(9-7-31)39(35,36)11-10-30(2)3)16-17(23)26-19(33(16)13-14)21-28-27-20(37-21)18(24)25;3*1-2/h12-13,18,29H,4-11H2,1-3H3;1-2H3;2*1H3. The zero-order valence-corrected chi connectivity index (χ0v) is 29.6. The number of nitrogens with zero attached hydrogens (tertiary/aromatic N) is 7. The van der Waals surface area contributed by atoms with Crippen LogP contribution < -0.4 is 9.62 Å². The molecule has 3 aromatic rings. The quantitative estimate of drug-likeness (QED) is 0.297. The lowest BCUT2D eigenvalue weighted by Crippen LogP contribution is -2.50. The summed E-state index contributed by atoms with van der Waals surface area (Å²) in [5.74, 6) is 0.241. The third kappa shape index (κ3) is 9.77. The highest BCUT2D eigenvalue weighted by Crippen LogP contribution is 2.38. The predicted octanol–water partition coefficient (Wildman–Crippen LogP) is 4.82. The van der Waals surface area contributed by atoms with Gasteiger partial charge in [0.2, 0.25) is 10.0 Å². The van der Waals surface area contributed by atoms with E-state index in [9.17, 15) is 30.2 Å². The lowest BCUT2D eigenvalue weighted by Gasteiger charge is -2.36. The van der Waals surface area contributed by atoms with Gasteiger partial charge in [0.1, 0.15) is 16.5 Å². The molecule has 11 nitrogen and oxygen atoms in total. The van der Waals surface area contributed by atoms with Crippen LogP contribution in [0.5, 0.6) is 0 Å². The highest BCUT2D eigenvalue weighted by molar-refractivity contribution is 7.89. The van der Waals surface area contributed by atoms with Gasteiger partial charge in [0.15, 0.2) is 21.0 Å². The van der Waals surface area contributed by atoms with E-state index in [0.717, 1.165) is 12.8 Å². The van der Waals surface area contributed by atoms with Crippen LogP contribution in [0, 0.1) is 0 Å². The van der Waals surface area contributed by atoms with Crippen LogP contribution in [-0.2, 0) is 21.0 Å². The molecule has 1 saturated carbocycles. The topological polar surface area (TPSA) is 116 Å². The van der Waals surface area contributed by atoms with E-state index in [1.807, 2.05) is 44.7 Å². The van der Waals surface area contributed by atoms with E-state index >= 15 is 0 Å². The monoisotopic (exact) mass is 720 g/mol. The number of fused-ring (bicyclic) bond motifs is 1. The summed E-state index contributed by atoms with van der Waals surface area (Å²) >= 11 is 7.30. The van der Waals surface area contributed by atoms with Gasteiger partial charge in [-0.1, -0.05) is 36.8 Å². The minimum absolute atomic E-state index is 0.0312. The van der Waals surface area contributed by atoms with Gasteiger partial charge in [0.25, 0.3) is 6.43 Å². The summed E-state index contributed by atoms with van der Waals surface area (Å²) < 4.78 is 90.6. The van der Waals surface area contributed by atoms with Gasteiger partial charge in [0.05, 0.1) is 30.7 Å². The summed E-state index contributed by atoms with van der Waals surface area (Å²) in [6, 6.07) is 1.77. The Hall–Kier alpha value is -1.96. The van der Waals surface area contributed by atoms with Crippen molar-refractivity contribution >= 4 is 55.2 Å². The summed E-state index contributed by atoms with van der Waals surface area (Å²) in [4.78, 5) is 8.66. The van der Waals surface area contributed by atoms with Crippen molar-refractivity contribution in [2.45, 2.75) is 50.5 Å². The van der Waals surface area contributed by atoms with E-state index in [0.29, 0.717) is 61.4 Å². The average Bonchev–Trinajstić information content (AvgIpc) is 3.41. The molecule has 0 bridgehead atoms. The summed E-state index contributed by atoms with van der Waals surface area (Å²) in [5.41, 5.74) is 0.895. The number of sulfonamides is 1. The van der Waals surface area contributed by atoms with E-state index < -0.39 is 32.4 Å². The Morgan fingerprint density at radius 1 is 1.11 bits per heavy atom. The van der Waals surface area contributed by atoms with E-state index in [2.05, 4.69) is 19.9 Å². The van der Waals surface area contributed by atoms with Crippen molar-refractivity contribution in [3.63, 3.8) is 0 Å². The van der Waals surface area contributed by atoms with Crippen molar-refractivity contribution in [1.82, 2.24) is 33.5 Å². The zero-order chi connectivity index (χ0) is 34.1. The highest BCUT2D eigenvalue weighted by atomic mass is 35.5. The number of rotatable bonds is 10. The molecule has 0 radical (unpaired) electrons. The SMILES string of the molecule is CC.CF.CF.CN(C)CCS(=O)(=O)N1CCN(c2cc(S(=O)NC3(C)CC3)cn3c(-c4nnc(C(F)F)s4)nc(Cl)c23)CC1.